The van der Waals surface area contributed by atoms with Gasteiger partial charge in [-0.3, -0.25) is 9.18 Å². The molecule has 4 aromatic rings. The third-order valence-electron chi connectivity index (χ3n) is 7.84. The van der Waals surface area contributed by atoms with Crippen LogP contribution in [0, 0.1) is 0 Å². The lowest BCUT2D eigenvalue weighted by Crippen LogP contribution is -2.39. The molecule has 6 rings (SSSR count). The van der Waals surface area contributed by atoms with E-state index in [1.165, 1.54) is 6.20 Å². The molecule has 3 aromatic heterocycles. The zero-order valence-electron chi connectivity index (χ0n) is 24.6. The number of carbonyl (C=O) groups is 1. The van der Waals surface area contributed by atoms with E-state index in [1.807, 2.05) is 71.0 Å². The number of hydrogen-bond acceptors (Lipinski definition) is 7. The molecule has 0 spiro atoms. The summed E-state index contributed by atoms with van der Waals surface area (Å²) in [5.74, 6) is 0.850. The third-order valence-corrected chi connectivity index (χ3v) is 7.84. The Morgan fingerprint density at radius 3 is 2.62 bits per heavy atom. The lowest BCUT2D eigenvalue weighted by Gasteiger charge is -2.31. The molecule has 0 radical (unpaired) electrons. The number of carbonyl (C=O) groups excluding carboxylic acids is 1. The number of rotatable bonds is 6. The Morgan fingerprint density at radius 1 is 1.14 bits per heavy atom. The fourth-order valence-electron chi connectivity index (χ4n) is 5.43. The molecule has 2 aliphatic rings. The Hall–Kier alpha value is -4.28. The smallest absolute Gasteiger partial charge is 0.410 e. The van der Waals surface area contributed by atoms with E-state index in [0.717, 1.165) is 29.7 Å². The van der Waals surface area contributed by atoms with Crippen molar-refractivity contribution < 1.29 is 13.9 Å². The quantitative estimate of drug-likeness (QED) is 0.320. The monoisotopic (exact) mass is 573 g/mol. The fraction of sp³-hybridized carbons (Fsp3) is 0.452. The van der Waals surface area contributed by atoms with E-state index in [4.69, 9.17) is 14.7 Å². The first kappa shape index (κ1) is 27.9. The summed E-state index contributed by atoms with van der Waals surface area (Å²) < 4.78 is 22.7. The summed E-state index contributed by atoms with van der Waals surface area (Å²) in [4.78, 5) is 41.7. The van der Waals surface area contributed by atoms with Crippen LogP contribution < -0.4 is 10.9 Å². The van der Waals surface area contributed by atoms with E-state index in [1.54, 1.807) is 14.3 Å². The molecule has 42 heavy (non-hydrogen) atoms. The van der Waals surface area contributed by atoms with Crippen molar-refractivity contribution in [1.29, 1.82) is 0 Å². The van der Waals surface area contributed by atoms with Crippen LogP contribution in [0.15, 0.2) is 47.4 Å². The number of fused-ring (bicyclic) bond motifs is 2. The van der Waals surface area contributed by atoms with E-state index >= 15 is 0 Å². The van der Waals surface area contributed by atoms with Crippen molar-refractivity contribution in [3.63, 3.8) is 0 Å². The summed E-state index contributed by atoms with van der Waals surface area (Å²) in [6, 6.07) is 11.3. The van der Waals surface area contributed by atoms with Crippen LogP contribution in [-0.4, -0.2) is 54.1 Å². The average Bonchev–Trinajstić information content (AvgIpc) is 3.70. The normalized spacial score (nSPS) is 16.0. The Bertz CT molecular complexity index is 1730. The van der Waals surface area contributed by atoms with Crippen LogP contribution in [0.1, 0.15) is 70.3 Å². The Balaban J connectivity index is 1.31. The Morgan fingerprint density at radius 2 is 1.93 bits per heavy atom. The highest BCUT2D eigenvalue weighted by molar-refractivity contribution is 5.77. The first-order valence-corrected chi connectivity index (χ1v) is 14.4. The molecule has 1 amide bonds. The number of ether oxygens (including phenoxy) is 1. The number of aromatic nitrogens is 5. The molecule has 1 N–H and O–H groups in total. The van der Waals surface area contributed by atoms with Crippen molar-refractivity contribution in [3.05, 3.63) is 69.8 Å². The van der Waals surface area contributed by atoms with Crippen molar-refractivity contribution >= 4 is 28.8 Å². The van der Waals surface area contributed by atoms with E-state index in [9.17, 15) is 14.0 Å². The molecule has 220 valence electrons. The van der Waals surface area contributed by atoms with Gasteiger partial charge < -0.3 is 15.0 Å². The summed E-state index contributed by atoms with van der Waals surface area (Å²) in [5.41, 5.74) is 2.82. The number of hydrogen-bond donors (Lipinski definition) is 1. The van der Waals surface area contributed by atoms with Crippen molar-refractivity contribution in [2.45, 2.75) is 77.5 Å². The molecule has 0 atom stereocenters. The minimum atomic E-state index is -0.542. The lowest BCUT2D eigenvalue weighted by atomic mass is 9.99. The van der Waals surface area contributed by atoms with Gasteiger partial charge >= 0.3 is 6.09 Å². The highest BCUT2D eigenvalue weighted by atomic mass is 19.1. The predicted octanol–water partition coefficient (Wildman–Crippen LogP) is 5.60. The molecule has 0 unspecified atom stereocenters. The minimum Gasteiger partial charge on any atom is -0.444 e. The Labute approximate surface area is 243 Å². The van der Waals surface area contributed by atoms with Gasteiger partial charge in [-0.1, -0.05) is 12.1 Å². The van der Waals surface area contributed by atoms with Gasteiger partial charge in [-0.15, -0.1) is 0 Å². The number of alkyl halides is 1. The van der Waals surface area contributed by atoms with E-state index in [0.29, 0.717) is 48.0 Å². The van der Waals surface area contributed by atoms with Gasteiger partial charge in [0.1, 0.15) is 17.7 Å². The fourth-order valence-corrected chi connectivity index (χ4v) is 5.43. The molecular weight excluding hydrogens is 537 g/mol. The number of amides is 1. The van der Waals surface area contributed by atoms with Crippen LogP contribution in [-0.2, 0) is 23.1 Å². The molecule has 1 fully saturated rings. The van der Waals surface area contributed by atoms with Gasteiger partial charge in [0, 0.05) is 36.4 Å². The number of pyridine rings is 1. The number of halogens is 1. The van der Waals surface area contributed by atoms with Crippen molar-refractivity contribution in [2.75, 3.05) is 18.5 Å². The van der Waals surface area contributed by atoms with Crippen LogP contribution in [0.5, 0.6) is 0 Å². The topological polar surface area (TPSA) is 107 Å². The second kappa shape index (κ2) is 10.2. The second-order valence-electron chi connectivity index (χ2n) is 12.5. The number of nitrogens with one attached hydrogen (secondary N) is 1. The number of anilines is 2. The second-order valence-corrected chi connectivity index (χ2v) is 12.5. The Kier molecular flexibility index (Phi) is 6.78. The van der Waals surface area contributed by atoms with Gasteiger partial charge in [0.05, 0.1) is 5.69 Å². The van der Waals surface area contributed by atoms with Crippen LogP contribution in [0.2, 0.25) is 0 Å². The largest absolute Gasteiger partial charge is 0.444 e. The maximum Gasteiger partial charge on any atom is 0.410 e. The molecule has 1 aromatic carbocycles. The molecule has 1 saturated carbocycles. The maximum absolute atomic E-state index is 13.8. The van der Waals surface area contributed by atoms with Gasteiger partial charge in [-0.2, -0.15) is 4.98 Å². The van der Waals surface area contributed by atoms with Gasteiger partial charge in [0.15, 0.2) is 11.5 Å². The summed E-state index contributed by atoms with van der Waals surface area (Å²) >= 11 is 0. The number of benzene rings is 1. The summed E-state index contributed by atoms with van der Waals surface area (Å²) in [7, 11) is 0. The zero-order valence-corrected chi connectivity index (χ0v) is 24.6. The van der Waals surface area contributed by atoms with E-state index in [-0.39, 0.29) is 17.7 Å². The molecule has 0 saturated heterocycles. The minimum absolute atomic E-state index is 0.175. The molecule has 4 heterocycles. The molecule has 11 heteroatoms. The lowest BCUT2D eigenvalue weighted by molar-refractivity contribution is 0.0224. The van der Waals surface area contributed by atoms with Crippen LogP contribution >= 0.6 is 0 Å². The molecular formula is C31H36FN7O3. The highest BCUT2D eigenvalue weighted by Crippen LogP contribution is 2.47. The molecule has 0 bridgehead atoms. The SMILES string of the molecule is CC(C)n1c(=O)c2cnc(Nc3ccc4c(c3)CCN(C(=O)OC(C)(C)C)C4)nc2n1-c1cccc(C2(CF)CC2)n1. The van der Waals surface area contributed by atoms with Crippen LogP contribution in [0.25, 0.3) is 16.9 Å². The highest BCUT2D eigenvalue weighted by Gasteiger charge is 2.46. The number of nitrogens with zero attached hydrogens (tertiary/aromatic N) is 6. The molecule has 10 nitrogen and oxygen atoms in total. The first-order chi connectivity index (χ1) is 20.0. The standard InChI is InChI=1S/C31H36FN7O3/c1-19(2)38-27(40)23-16-33-28(36-26(23)39(38)25-8-6-7-24(35-25)31(18-32)12-13-31)34-22-10-9-21-17-37(14-11-20(21)15-22)29(41)42-30(3,4)5/h6-10,15-16,19H,11-14,17-18H2,1-5H3,(H,33,34,36). The molecule has 1 aliphatic heterocycles. The van der Waals surface area contributed by atoms with Crippen molar-refractivity contribution in [2.24, 2.45) is 0 Å². The summed E-state index contributed by atoms with van der Waals surface area (Å²) in [6.45, 7) is 10.0. The first-order valence-electron chi connectivity index (χ1n) is 14.4. The summed E-state index contributed by atoms with van der Waals surface area (Å²) in [6.07, 6.45) is 3.45. The maximum atomic E-state index is 13.8. The predicted molar refractivity (Wildman–Crippen MR) is 158 cm³/mol. The summed E-state index contributed by atoms with van der Waals surface area (Å²) in [5, 5.41) is 3.66. The van der Waals surface area contributed by atoms with E-state index in [2.05, 4.69) is 10.3 Å². The average molecular weight is 574 g/mol. The van der Waals surface area contributed by atoms with Crippen LogP contribution in [0.4, 0.5) is 20.8 Å². The third kappa shape index (κ3) is 5.12. The van der Waals surface area contributed by atoms with Crippen molar-refractivity contribution in [3.8, 4) is 5.82 Å². The molecule has 1 aliphatic carbocycles. The van der Waals surface area contributed by atoms with E-state index < -0.39 is 17.7 Å². The van der Waals surface area contributed by atoms with Gasteiger partial charge in [0.2, 0.25) is 5.95 Å². The zero-order chi connectivity index (χ0) is 29.8. The van der Waals surface area contributed by atoms with Crippen molar-refractivity contribution in [1.82, 2.24) is 29.2 Å². The van der Waals surface area contributed by atoms with Gasteiger partial charge in [-0.25, -0.2) is 24.1 Å². The van der Waals surface area contributed by atoms with Crippen LogP contribution in [0.3, 0.4) is 0 Å². The van der Waals surface area contributed by atoms with Gasteiger partial charge in [-0.05, 0) is 89.3 Å². The van der Waals surface area contributed by atoms with Gasteiger partial charge in [0.25, 0.3) is 5.56 Å².